The smallest absolute Gasteiger partial charge is 0.237 e. The van der Waals surface area contributed by atoms with Crippen LogP contribution in [-0.2, 0) is 11.8 Å². The molecule has 2 aromatic carbocycles. The van der Waals surface area contributed by atoms with Gasteiger partial charge in [0.05, 0.1) is 5.25 Å². The van der Waals surface area contributed by atoms with Crippen molar-refractivity contribution in [3.8, 4) is 0 Å². The Morgan fingerprint density at radius 1 is 1.23 bits per heavy atom. The number of aromatic nitrogens is 4. The molecule has 1 N–H and O–H groups in total. The Hall–Kier alpha value is -2.41. The number of rotatable bonds is 4. The van der Waals surface area contributed by atoms with Crippen molar-refractivity contribution in [3.05, 3.63) is 42.5 Å². The Labute approximate surface area is 131 Å². The van der Waals surface area contributed by atoms with Crippen LogP contribution in [0.4, 0.5) is 5.69 Å². The molecule has 22 heavy (non-hydrogen) atoms. The summed E-state index contributed by atoms with van der Waals surface area (Å²) in [5.74, 6) is -0.0803. The number of hydrogen-bond donors (Lipinski definition) is 1. The van der Waals surface area contributed by atoms with Gasteiger partial charge in [0, 0.05) is 12.7 Å². The third kappa shape index (κ3) is 3.09. The monoisotopic (exact) mass is 313 g/mol. The average molecular weight is 313 g/mol. The number of fused-ring (bicyclic) bond motifs is 1. The highest BCUT2D eigenvalue weighted by Gasteiger charge is 2.17. The average Bonchev–Trinajstić information content (AvgIpc) is 2.92. The Bertz CT molecular complexity index is 816. The fourth-order valence-electron chi connectivity index (χ4n) is 2.04. The third-order valence-corrected chi connectivity index (χ3v) is 4.37. The lowest BCUT2D eigenvalue weighted by atomic mass is 10.1. The maximum atomic E-state index is 12.3. The van der Waals surface area contributed by atoms with Crippen LogP contribution in [0.3, 0.4) is 0 Å². The standard InChI is InChI=1S/C15H15N5OS/c1-10(22-15-17-18-19-20(15)2)14(21)16-13-8-7-11-5-3-4-6-12(11)9-13/h3-10H,1-2H3,(H,16,21). The van der Waals surface area contributed by atoms with Gasteiger partial charge in [0.1, 0.15) is 0 Å². The quantitative estimate of drug-likeness (QED) is 0.749. The molecule has 0 spiro atoms. The molecule has 7 heteroatoms. The molecule has 3 aromatic rings. The molecule has 0 saturated heterocycles. The summed E-state index contributed by atoms with van der Waals surface area (Å²) < 4.78 is 1.55. The molecule has 1 aromatic heterocycles. The number of carbonyl (C=O) groups is 1. The van der Waals surface area contributed by atoms with Gasteiger partial charge < -0.3 is 5.32 Å². The number of anilines is 1. The van der Waals surface area contributed by atoms with Crippen molar-refractivity contribution in [3.63, 3.8) is 0 Å². The van der Waals surface area contributed by atoms with E-state index in [1.54, 1.807) is 11.7 Å². The van der Waals surface area contributed by atoms with Gasteiger partial charge in [-0.25, -0.2) is 4.68 Å². The molecule has 0 fully saturated rings. The summed E-state index contributed by atoms with van der Waals surface area (Å²) in [4.78, 5) is 12.3. The van der Waals surface area contributed by atoms with E-state index in [9.17, 15) is 4.79 Å². The molecule has 0 aliphatic carbocycles. The van der Waals surface area contributed by atoms with E-state index in [-0.39, 0.29) is 11.2 Å². The molecule has 112 valence electrons. The van der Waals surface area contributed by atoms with Gasteiger partial charge in [0.15, 0.2) is 0 Å². The van der Waals surface area contributed by atoms with E-state index < -0.39 is 0 Å². The van der Waals surface area contributed by atoms with Crippen molar-refractivity contribution >= 4 is 34.1 Å². The highest BCUT2D eigenvalue weighted by atomic mass is 32.2. The molecule has 0 bridgehead atoms. The summed E-state index contributed by atoms with van der Waals surface area (Å²) in [5.41, 5.74) is 0.784. The van der Waals surface area contributed by atoms with Gasteiger partial charge >= 0.3 is 0 Å². The Balaban J connectivity index is 1.70. The van der Waals surface area contributed by atoms with Gasteiger partial charge in [-0.3, -0.25) is 4.79 Å². The Morgan fingerprint density at radius 2 is 2.00 bits per heavy atom. The number of carbonyl (C=O) groups excluding carboxylic acids is 1. The van der Waals surface area contributed by atoms with Gasteiger partial charge in [0.25, 0.3) is 0 Å². The molecule has 6 nitrogen and oxygen atoms in total. The first-order valence-corrected chi connectivity index (χ1v) is 7.70. The maximum absolute atomic E-state index is 12.3. The highest BCUT2D eigenvalue weighted by Crippen LogP contribution is 2.22. The SMILES string of the molecule is CC(Sc1nnnn1C)C(=O)Nc1ccc2ccccc2c1. The first kappa shape index (κ1) is 14.5. The molecular formula is C15H15N5OS. The van der Waals surface area contributed by atoms with Gasteiger partial charge in [-0.2, -0.15) is 0 Å². The number of hydrogen-bond acceptors (Lipinski definition) is 5. The lowest BCUT2D eigenvalue weighted by Crippen LogP contribution is -2.22. The summed E-state index contributed by atoms with van der Waals surface area (Å²) in [6.45, 7) is 1.83. The highest BCUT2D eigenvalue weighted by molar-refractivity contribution is 8.00. The summed E-state index contributed by atoms with van der Waals surface area (Å²) >= 11 is 1.32. The second-order valence-corrected chi connectivity index (χ2v) is 6.20. The predicted octanol–water partition coefficient (Wildman–Crippen LogP) is 2.48. The fraction of sp³-hybridized carbons (Fsp3) is 0.200. The maximum Gasteiger partial charge on any atom is 0.237 e. The van der Waals surface area contributed by atoms with E-state index >= 15 is 0 Å². The number of nitrogens with one attached hydrogen (secondary N) is 1. The summed E-state index contributed by atoms with van der Waals surface area (Å²) in [6.07, 6.45) is 0. The van der Waals surface area contributed by atoms with E-state index in [1.165, 1.54) is 11.8 Å². The minimum atomic E-state index is -0.295. The number of aryl methyl sites for hydroxylation is 1. The first-order chi connectivity index (χ1) is 10.6. The van der Waals surface area contributed by atoms with E-state index in [2.05, 4.69) is 20.8 Å². The largest absolute Gasteiger partial charge is 0.325 e. The van der Waals surface area contributed by atoms with Crippen molar-refractivity contribution in [2.75, 3.05) is 5.32 Å². The minimum absolute atomic E-state index is 0.0803. The van der Waals surface area contributed by atoms with Crippen molar-refractivity contribution < 1.29 is 4.79 Å². The summed E-state index contributed by atoms with van der Waals surface area (Å²) in [5, 5.41) is 16.7. The predicted molar refractivity (Wildman–Crippen MR) is 86.7 cm³/mol. The van der Waals surface area contributed by atoms with Gasteiger partial charge in [-0.05, 0) is 40.3 Å². The van der Waals surface area contributed by atoms with Crippen LogP contribution in [0.5, 0.6) is 0 Å². The van der Waals surface area contributed by atoms with Crippen LogP contribution in [0.1, 0.15) is 6.92 Å². The summed E-state index contributed by atoms with van der Waals surface area (Å²) in [6, 6.07) is 13.9. The zero-order valence-corrected chi connectivity index (χ0v) is 13.0. The second kappa shape index (κ2) is 6.15. The van der Waals surface area contributed by atoms with Gasteiger partial charge in [0.2, 0.25) is 11.1 Å². The molecule has 1 atom stereocenters. The van der Waals surface area contributed by atoms with Crippen LogP contribution in [0, 0.1) is 0 Å². The molecule has 3 rings (SSSR count). The van der Waals surface area contributed by atoms with Crippen LogP contribution < -0.4 is 5.32 Å². The second-order valence-electron chi connectivity index (χ2n) is 4.90. The fourth-order valence-corrected chi connectivity index (χ4v) is 2.80. The van der Waals surface area contributed by atoms with Gasteiger partial charge in [-0.15, -0.1) is 5.10 Å². The van der Waals surface area contributed by atoms with Crippen LogP contribution in [0.15, 0.2) is 47.6 Å². The van der Waals surface area contributed by atoms with E-state index in [4.69, 9.17) is 0 Å². The molecule has 1 heterocycles. The van der Waals surface area contributed by atoms with Crippen molar-refractivity contribution in [1.29, 1.82) is 0 Å². The van der Waals surface area contributed by atoms with E-state index in [0.717, 1.165) is 16.5 Å². The van der Waals surface area contributed by atoms with Gasteiger partial charge in [-0.1, -0.05) is 42.1 Å². The zero-order chi connectivity index (χ0) is 15.5. The number of tetrazole rings is 1. The molecule has 0 aliphatic rings. The van der Waals surface area contributed by atoms with Crippen molar-refractivity contribution in [1.82, 2.24) is 20.2 Å². The summed E-state index contributed by atoms with van der Waals surface area (Å²) in [7, 11) is 1.75. The number of nitrogens with zero attached hydrogens (tertiary/aromatic N) is 4. The van der Waals surface area contributed by atoms with Crippen LogP contribution in [0.25, 0.3) is 10.8 Å². The van der Waals surface area contributed by atoms with Crippen LogP contribution in [0.2, 0.25) is 0 Å². The normalized spacial score (nSPS) is 12.3. The molecule has 1 unspecified atom stereocenters. The zero-order valence-electron chi connectivity index (χ0n) is 12.2. The molecule has 0 aliphatic heterocycles. The van der Waals surface area contributed by atoms with Crippen LogP contribution >= 0.6 is 11.8 Å². The van der Waals surface area contributed by atoms with Crippen LogP contribution in [-0.4, -0.2) is 31.4 Å². The lowest BCUT2D eigenvalue weighted by Gasteiger charge is -2.11. The van der Waals surface area contributed by atoms with Crippen molar-refractivity contribution in [2.24, 2.45) is 7.05 Å². The van der Waals surface area contributed by atoms with Crippen molar-refractivity contribution in [2.45, 2.75) is 17.3 Å². The third-order valence-electron chi connectivity index (χ3n) is 3.25. The minimum Gasteiger partial charge on any atom is -0.325 e. The Morgan fingerprint density at radius 3 is 2.73 bits per heavy atom. The first-order valence-electron chi connectivity index (χ1n) is 6.82. The number of benzene rings is 2. The molecule has 0 saturated carbocycles. The molecular weight excluding hydrogens is 298 g/mol. The molecule has 1 amide bonds. The number of amides is 1. The molecule has 0 radical (unpaired) electrons. The topological polar surface area (TPSA) is 72.7 Å². The lowest BCUT2D eigenvalue weighted by molar-refractivity contribution is -0.115. The van der Waals surface area contributed by atoms with E-state index in [0.29, 0.717) is 5.16 Å². The Kier molecular flexibility index (Phi) is 4.06. The van der Waals surface area contributed by atoms with E-state index in [1.807, 2.05) is 49.4 Å². The number of thioether (sulfide) groups is 1.